The molecular weight excluding hydrogens is 461 g/mol. The zero-order valence-electron chi connectivity index (χ0n) is 18.6. The second kappa shape index (κ2) is 9.51. The van der Waals surface area contributed by atoms with Gasteiger partial charge in [-0.15, -0.1) is 0 Å². The van der Waals surface area contributed by atoms with Gasteiger partial charge in [0.1, 0.15) is 12.4 Å². The van der Waals surface area contributed by atoms with Gasteiger partial charge in [-0.2, -0.15) is 13.2 Å². The first-order valence-corrected chi connectivity index (χ1v) is 11.9. The number of rotatable bonds is 6. The van der Waals surface area contributed by atoms with Crippen LogP contribution >= 0.6 is 11.6 Å². The van der Waals surface area contributed by atoms with Crippen LogP contribution in [-0.4, -0.2) is 25.7 Å². The molecule has 1 aliphatic heterocycles. The number of anilines is 2. The van der Waals surface area contributed by atoms with E-state index < -0.39 is 11.7 Å². The van der Waals surface area contributed by atoms with Crippen molar-refractivity contribution in [2.45, 2.75) is 31.5 Å². The van der Waals surface area contributed by atoms with Crippen LogP contribution in [0, 0.1) is 5.92 Å². The van der Waals surface area contributed by atoms with E-state index in [9.17, 15) is 13.2 Å². The third-order valence-corrected chi connectivity index (χ3v) is 6.89. The van der Waals surface area contributed by atoms with E-state index in [0.29, 0.717) is 34.7 Å². The zero-order valence-corrected chi connectivity index (χ0v) is 19.4. The summed E-state index contributed by atoms with van der Waals surface area (Å²) in [6.07, 6.45) is -1.52. The fourth-order valence-corrected chi connectivity index (χ4v) is 5.19. The van der Waals surface area contributed by atoms with Gasteiger partial charge in [0.15, 0.2) is 0 Å². The average Bonchev–Trinajstić information content (AvgIpc) is 3.24. The van der Waals surface area contributed by atoms with Gasteiger partial charge in [-0.25, -0.2) is 0 Å². The third-order valence-electron chi connectivity index (χ3n) is 6.65. The summed E-state index contributed by atoms with van der Waals surface area (Å²) >= 11 is 6.24. The quantitative estimate of drug-likeness (QED) is 0.395. The first kappa shape index (κ1) is 23.1. The van der Waals surface area contributed by atoms with Gasteiger partial charge in [0.05, 0.1) is 17.3 Å². The fraction of sp³-hybridized carbons (Fsp3) is 0.333. The number of alkyl halides is 3. The molecule has 1 atom stereocenters. The molecule has 1 N–H and O–H groups in total. The van der Waals surface area contributed by atoms with Crippen LogP contribution in [0.3, 0.4) is 0 Å². The van der Waals surface area contributed by atoms with Crippen LogP contribution in [0.2, 0.25) is 5.02 Å². The van der Waals surface area contributed by atoms with Crippen molar-refractivity contribution < 1.29 is 17.9 Å². The summed E-state index contributed by atoms with van der Waals surface area (Å²) in [7, 11) is 0. The Balaban J connectivity index is 1.30. The number of hydrogen-bond donors (Lipinski definition) is 1. The standard InChI is InChI=1S/C27H26ClF3N2O/c28-22-8-9-26-25(15-22)33(23-7-3-6-21(14-23)27(29,30)31)24(17-34-26)10-11-32-16-18-12-19-4-1-2-5-20(19)13-18/h1-9,14-15,18,24,32H,10-13,16-17H2. The van der Waals surface area contributed by atoms with E-state index in [0.717, 1.165) is 38.4 Å². The van der Waals surface area contributed by atoms with Crippen molar-refractivity contribution in [2.75, 3.05) is 24.6 Å². The van der Waals surface area contributed by atoms with Crippen molar-refractivity contribution in [2.24, 2.45) is 5.92 Å². The van der Waals surface area contributed by atoms with Gasteiger partial charge in [0.2, 0.25) is 0 Å². The third kappa shape index (κ3) is 4.89. The molecule has 2 aliphatic rings. The van der Waals surface area contributed by atoms with Gasteiger partial charge in [-0.05, 0) is 85.8 Å². The Kier molecular flexibility index (Phi) is 6.45. The monoisotopic (exact) mass is 486 g/mol. The van der Waals surface area contributed by atoms with Gasteiger partial charge in [-0.1, -0.05) is 41.9 Å². The van der Waals surface area contributed by atoms with Crippen molar-refractivity contribution in [3.63, 3.8) is 0 Å². The number of fused-ring (bicyclic) bond motifs is 2. The maximum absolute atomic E-state index is 13.4. The predicted molar refractivity (Wildman–Crippen MR) is 129 cm³/mol. The van der Waals surface area contributed by atoms with Crippen LogP contribution in [0.25, 0.3) is 0 Å². The first-order valence-electron chi connectivity index (χ1n) is 11.5. The Labute approximate surface area is 202 Å². The van der Waals surface area contributed by atoms with Crippen molar-refractivity contribution >= 4 is 23.0 Å². The summed E-state index contributed by atoms with van der Waals surface area (Å²) in [5.41, 5.74) is 3.36. The van der Waals surface area contributed by atoms with Crippen LogP contribution in [0.4, 0.5) is 24.5 Å². The highest BCUT2D eigenvalue weighted by Gasteiger charge is 2.33. The minimum absolute atomic E-state index is 0.122. The molecular formula is C27H26ClF3N2O. The Bertz CT molecular complexity index is 1140. The molecule has 3 nitrogen and oxygen atoms in total. The van der Waals surface area contributed by atoms with Crippen molar-refractivity contribution in [3.05, 3.63) is 88.4 Å². The van der Waals surface area contributed by atoms with Crippen LogP contribution in [0.5, 0.6) is 5.75 Å². The molecule has 0 saturated carbocycles. The first-order chi connectivity index (χ1) is 16.4. The summed E-state index contributed by atoms with van der Waals surface area (Å²) in [5, 5.41) is 4.08. The summed E-state index contributed by atoms with van der Waals surface area (Å²) in [6.45, 7) is 2.04. The molecule has 0 radical (unpaired) electrons. The van der Waals surface area contributed by atoms with Crippen molar-refractivity contribution in [3.8, 4) is 5.75 Å². The Hall–Kier alpha value is -2.70. The molecule has 7 heteroatoms. The largest absolute Gasteiger partial charge is 0.489 e. The molecule has 3 aromatic carbocycles. The molecule has 1 aliphatic carbocycles. The minimum atomic E-state index is -4.41. The molecule has 0 aromatic heterocycles. The molecule has 1 unspecified atom stereocenters. The number of nitrogens with one attached hydrogen (secondary N) is 1. The van der Waals surface area contributed by atoms with Gasteiger partial charge >= 0.3 is 6.18 Å². The Morgan fingerprint density at radius 1 is 0.971 bits per heavy atom. The summed E-state index contributed by atoms with van der Waals surface area (Å²) < 4.78 is 46.2. The smallest absolute Gasteiger partial charge is 0.416 e. The lowest BCUT2D eigenvalue weighted by Gasteiger charge is -2.39. The molecule has 34 heavy (non-hydrogen) atoms. The van der Waals surface area contributed by atoms with Crippen LogP contribution in [0.15, 0.2) is 66.7 Å². The topological polar surface area (TPSA) is 24.5 Å². The number of ether oxygens (including phenoxy) is 1. The minimum Gasteiger partial charge on any atom is -0.489 e. The molecule has 0 spiro atoms. The van der Waals surface area contributed by atoms with Crippen LogP contribution in [-0.2, 0) is 19.0 Å². The molecule has 3 aromatic rings. The van der Waals surface area contributed by atoms with E-state index in [4.69, 9.17) is 16.3 Å². The van der Waals surface area contributed by atoms with E-state index in [1.165, 1.54) is 23.3 Å². The van der Waals surface area contributed by atoms with E-state index in [1.54, 1.807) is 24.3 Å². The summed E-state index contributed by atoms with van der Waals surface area (Å²) in [6, 6.07) is 19.2. The maximum Gasteiger partial charge on any atom is 0.416 e. The second-order valence-electron chi connectivity index (χ2n) is 9.03. The van der Waals surface area contributed by atoms with E-state index in [2.05, 4.69) is 29.6 Å². The lowest BCUT2D eigenvalue weighted by atomic mass is 10.0. The SMILES string of the molecule is FC(F)(F)c1cccc(N2c3cc(Cl)ccc3OCC2CCNCC2Cc3ccccc3C2)c1. The molecule has 1 heterocycles. The molecule has 0 bridgehead atoms. The number of halogens is 4. The van der Waals surface area contributed by atoms with E-state index >= 15 is 0 Å². The van der Waals surface area contributed by atoms with Crippen LogP contribution < -0.4 is 15.0 Å². The number of benzene rings is 3. The van der Waals surface area contributed by atoms with Crippen molar-refractivity contribution in [1.29, 1.82) is 0 Å². The number of nitrogens with zero attached hydrogens (tertiary/aromatic N) is 1. The highest BCUT2D eigenvalue weighted by molar-refractivity contribution is 6.31. The molecule has 0 fully saturated rings. The average molecular weight is 487 g/mol. The van der Waals surface area contributed by atoms with Gasteiger partial charge < -0.3 is 15.0 Å². The van der Waals surface area contributed by atoms with Gasteiger partial charge in [0, 0.05) is 10.7 Å². The highest BCUT2D eigenvalue weighted by atomic mass is 35.5. The predicted octanol–water partition coefficient (Wildman–Crippen LogP) is 6.65. The summed E-state index contributed by atoms with van der Waals surface area (Å²) in [5.74, 6) is 1.19. The molecule has 0 amide bonds. The zero-order chi connectivity index (χ0) is 23.7. The lowest BCUT2D eigenvalue weighted by molar-refractivity contribution is -0.137. The maximum atomic E-state index is 13.4. The normalized spacial score (nSPS) is 17.9. The van der Waals surface area contributed by atoms with Crippen LogP contribution in [0.1, 0.15) is 23.1 Å². The molecule has 5 rings (SSSR count). The fourth-order valence-electron chi connectivity index (χ4n) is 5.02. The van der Waals surface area contributed by atoms with E-state index in [1.807, 2.05) is 4.90 Å². The highest BCUT2D eigenvalue weighted by Crippen LogP contribution is 2.42. The van der Waals surface area contributed by atoms with Gasteiger partial charge in [-0.3, -0.25) is 0 Å². The van der Waals surface area contributed by atoms with Crippen molar-refractivity contribution in [1.82, 2.24) is 5.32 Å². The van der Waals surface area contributed by atoms with E-state index in [-0.39, 0.29) is 6.04 Å². The Morgan fingerprint density at radius 3 is 2.47 bits per heavy atom. The van der Waals surface area contributed by atoms with Gasteiger partial charge in [0.25, 0.3) is 0 Å². The number of hydrogen-bond acceptors (Lipinski definition) is 3. The summed E-state index contributed by atoms with van der Waals surface area (Å²) in [4.78, 5) is 1.94. The molecule has 0 saturated heterocycles. The lowest BCUT2D eigenvalue weighted by Crippen LogP contribution is -2.42. The second-order valence-corrected chi connectivity index (χ2v) is 9.47. The molecule has 178 valence electrons. The Morgan fingerprint density at radius 2 is 1.74 bits per heavy atom.